The molecule has 1 aromatic heterocycles. The van der Waals surface area contributed by atoms with Crippen LogP contribution in [0.5, 0.6) is 0 Å². The van der Waals surface area contributed by atoms with Gasteiger partial charge >= 0.3 is 6.03 Å². The van der Waals surface area contributed by atoms with Crippen molar-refractivity contribution in [1.82, 2.24) is 15.1 Å². The lowest BCUT2D eigenvalue weighted by molar-refractivity contribution is 0.201. The standard InChI is InChI=1S/C17H28ClN3OS/c1-5-11-21(13-15-8-9-16(18)23-15)17(22)19-10-6-7-12-20(4)14(2)3/h5,8-9,14H,1,6-7,10-13H2,2-4H3,(H,19,22). The van der Waals surface area contributed by atoms with Crippen molar-refractivity contribution in [3.05, 3.63) is 34.0 Å². The maximum atomic E-state index is 12.3. The first-order chi connectivity index (χ1) is 10.9. The fourth-order valence-corrected chi connectivity index (χ4v) is 3.15. The maximum absolute atomic E-state index is 12.3. The summed E-state index contributed by atoms with van der Waals surface area (Å²) >= 11 is 7.44. The summed E-state index contributed by atoms with van der Waals surface area (Å²) in [5.41, 5.74) is 0. The van der Waals surface area contributed by atoms with Crippen molar-refractivity contribution in [2.24, 2.45) is 0 Å². The van der Waals surface area contributed by atoms with Crippen LogP contribution in [-0.2, 0) is 6.54 Å². The second-order valence-electron chi connectivity index (χ2n) is 5.89. The van der Waals surface area contributed by atoms with Crippen LogP contribution in [0.25, 0.3) is 0 Å². The molecule has 23 heavy (non-hydrogen) atoms. The first-order valence-electron chi connectivity index (χ1n) is 8.02. The molecule has 1 heterocycles. The van der Waals surface area contributed by atoms with Gasteiger partial charge in [0.1, 0.15) is 0 Å². The number of hydrogen-bond donors (Lipinski definition) is 1. The molecule has 1 rings (SSSR count). The van der Waals surface area contributed by atoms with Crippen LogP contribution in [0, 0.1) is 0 Å². The van der Waals surface area contributed by atoms with Crippen LogP contribution in [0.3, 0.4) is 0 Å². The number of carbonyl (C=O) groups is 1. The van der Waals surface area contributed by atoms with Crippen LogP contribution in [0.15, 0.2) is 24.8 Å². The minimum absolute atomic E-state index is 0.0494. The van der Waals surface area contributed by atoms with Gasteiger partial charge in [-0.1, -0.05) is 17.7 Å². The van der Waals surface area contributed by atoms with Crippen molar-refractivity contribution in [2.75, 3.05) is 26.7 Å². The molecule has 0 aliphatic rings. The first kappa shape index (κ1) is 20.0. The van der Waals surface area contributed by atoms with E-state index >= 15 is 0 Å². The zero-order chi connectivity index (χ0) is 17.2. The third-order valence-corrected chi connectivity index (χ3v) is 4.92. The van der Waals surface area contributed by atoms with E-state index in [1.54, 1.807) is 11.0 Å². The average molecular weight is 358 g/mol. The number of nitrogens with one attached hydrogen (secondary N) is 1. The molecule has 130 valence electrons. The van der Waals surface area contributed by atoms with Crippen LogP contribution in [0.2, 0.25) is 4.34 Å². The van der Waals surface area contributed by atoms with Crippen molar-refractivity contribution in [3.8, 4) is 0 Å². The molecule has 0 bridgehead atoms. The molecule has 0 aliphatic heterocycles. The van der Waals surface area contributed by atoms with E-state index in [2.05, 4.69) is 37.7 Å². The van der Waals surface area contributed by atoms with Gasteiger partial charge in [-0.2, -0.15) is 0 Å². The van der Waals surface area contributed by atoms with Crippen molar-refractivity contribution >= 4 is 29.0 Å². The van der Waals surface area contributed by atoms with E-state index in [1.807, 2.05) is 12.1 Å². The molecule has 4 nitrogen and oxygen atoms in total. The Bertz CT molecular complexity index is 490. The quantitative estimate of drug-likeness (QED) is 0.502. The van der Waals surface area contributed by atoms with Crippen LogP contribution in [0.4, 0.5) is 4.79 Å². The highest BCUT2D eigenvalue weighted by atomic mass is 35.5. The number of nitrogens with zero attached hydrogens (tertiary/aromatic N) is 2. The van der Waals surface area contributed by atoms with Crippen molar-refractivity contribution in [2.45, 2.75) is 39.3 Å². The number of amides is 2. The third kappa shape index (κ3) is 7.86. The molecule has 0 aliphatic carbocycles. The fourth-order valence-electron chi connectivity index (χ4n) is 2.05. The third-order valence-electron chi connectivity index (χ3n) is 3.71. The van der Waals surface area contributed by atoms with E-state index in [0.717, 1.165) is 28.6 Å². The fraction of sp³-hybridized carbons (Fsp3) is 0.588. The average Bonchev–Trinajstić information content (AvgIpc) is 2.91. The van der Waals surface area contributed by atoms with Gasteiger partial charge in [0.15, 0.2) is 0 Å². The lowest BCUT2D eigenvalue weighted by atomic mass is 10.2. The largest absolute Gasteiger partial charge is 0.338 e. The van der Waals surface area contributed by atoms with E-state index < -0.39 is 0 Å². The molecule has 0 aromatic carbocycles. The van der Waals surface area contributed by atoms with Crippen molar-refractivity contribution in [1.29, 1.82) is 0 Å². The highest BCUT2D eigenvalue weighted by molar-refractivity contribution is 7.16. The SMILES string of the molecule is C=CCN(Cc1ccc(Cl)s1)C(=O)NCCCCN(C)C(C)C. The van der Waals surface area contributed by atoms with E-state index in [-0.39, 0.29) is 6.03 Å². The summed E-state index contributed by atoms with van der Waals surface area (Å²) < 4.78 is 0.744. The molecular weight excluding hydrogens is 330 g/mol. The Labute approximate surface area is 149 Å². The number of rotatable bonds is 10. The predicted molar refractivity (Wildman–Crippen MR) is 100 cm³/mol. The van der Waals surface area contributed by atoms with Gasteiger partial charge < -0.3 is 15.1 Å². The molecular formula is C17H28ClN3OS. The van der Waals surface area contributed by atoms with E-state index in [4.69, 9.17) is 11.6 Å². The van der Waals surface area contributed by atoms with Gasteiger partial charge in [0.25, 0.3) is 0 Å². The molecule has 0 saturated heterocycles. The molecule has 1 aromatic rings. The molecule has 0 saturated carbocycles. The maximum Gasteiger partial charge on any atom is 0.318 e. The Kier molecular flexibility index (Phi) is 9.29. The minimum atomic E-state index is -0.0494. The Morgan fingerprint density at radius 1 is 1.43 bits per heavy atom. The predicted octanol–water partition coefficient (Wildman–Crippen LogP) is 4.22. The lowest BCUT2D eigenvalue weighted by Gasteiger charge is -2.22. The van der Waals surface area contributed by atoms with Gasteiger partial charge in [-0.05, 0) is 52.4 Å². The number of urea groups is 1. The zero-order valence-electron chi connectivity index (χ0n) is 14.3. The minimum Gasteiger partial charge on any atom is -0.338 e. The Morgan fingerprint density at radius 2 is 2.17 bits per heavy atom. The van der Waals surface area contributed by atoms with E-state index in [1.165, 1.54) is 11.3 Å². The molecule has 0 unspecified atom stereocenters. The summed E-state index contributed by atoms with van der Waals surface area (Å²) in [6.45, 7) is 10.9. The lowest BCUT2D eigenvalue weighted by Crippen LogP contribution is -2.40. The summed E-state index contributed by atoms with van der Waals surface area (Å²) in [4.78, 5) is 17.4. The molecule has 1 N–H and O–H groups in total. The second kappa shape index (κ2) is 10.7. The number of unbranched alkanes of at least 4 members (excludes halogenated alkanes) is 1. The van der Waals surface area contributed by atoms with Gasteiger partial charge in [-0.3, -0.25) is 0 Å². The Hall–Kier alpha value is -1.04. The number of hydrogen-bond acceptors (Lipinski definition) is 3. The summed E-state index contributed by atoms with van der Waals surface area (Å²) in [6.07, 6.45) is 3.80. The van der Waals surface area contributed by atoms with Gasteiger partial charge in [0.05, 0.1) is 10.9 Å². The number of halogens is 1. The summed E-state index contributed by atoms with van der Waals surface area (Å²) in [5.74, 6) is 0. The smallest absolute Gasteiger partial charge is 0.318 e. The van der Waals surface area contributed by atoms with Gasteiger partial charge in [0.2, 0.25) is 0 Å². The van der Waals surface area contributed by atoms with Gasteiger partial charge in [0, 0.05) is 24.0 Å². The summed E-state index contributed by atoms with van der Waals surface area (Å²) in [7, 11) is 2.13. The molecule has 0 radical (unpaired) electrons. The number of thiophene rings is 1. The molecule has 6 heteroatoms. The summed E-state index contributed by atoms with van der Waals surface area (Å²) in [5, 5.41) is 2.99. The monoisotopic (exact) mass is 357 g/mol. The van der Waals surface area contributed by atoms with E-state index in [9.17, 15) is 4.79 Å². The highest BCUT2D eigenvalue weighted by Crippen LogP contribution is 2.22. The van der Waals surface area contributed by atoms with Crippen LogP contribution in [0.1, 0.15) is 31.6 Å². The molecule has 0 spiro atoms. The Balaban J connectivity index is 2.32. The normalized spacial score (nSPS) is 11.0. The highest BCUT2D eigenvalue weighted by Gasteiger charge is 2.13. The van der Waals surface area contributed by atoms with Crippen LogP contribution >= 0.6 is 22.9 Å². The molecule has 0 fully saturated rings. The second-order valence-corrected chi connectivity index (χ2v) is 7.69. The van der Waals surface area contributed by atoms with Crippen LogP contribution in [-0.4, -0.2) is 48.6 Å². The topological polar surface area (TPSA) is 35.6 Å². The molecule has 2 amide bonds. The number of carbonyl (C=O) groups excluding carboxylic acids is 1. The Morgan fingerprint density at radius 3 is 2.74 bits per heavy atom. The van der Waals surface area contributed by atoms with Crippen molar-refractivity contribution in [3.63, 3.8) is 0 Å². The van der Waals surface area contributed by atoms with Gasteiger partial charge in [-0.25, -0.2) is 4.79 Å². The van der Waals surface area contributed by atoms with E-state index in [0.29, 0.717) is 25.7 Å². The van der Waals surface area contributed by atoms with Crippen LogP contribution < -0.4 is 5.32 Å². The van der Waals surface area contributed by atoms with Gasteiger partial charge in [-0.15, -0.1) is 17.9 Å². The zero-order valence-corrected chi connectivity index (χ0v) is 15.9. The summed E-state index contributed by atoms with van der Waals surface area (Å²) in [6, 6.07) is 4.33. The first-order valence-corrected chi connectivity index (χ1v) is 9.21. The molecule has 0 atom stereocenters. The van der Waals surface area contributed by atoms with Crippen molar-refractivity contribution < 1.29 is 4.79 Å².